The Bertz CT molecular complexity index is 287. The summed E-state index contributed by atoms with van der Waals surface area (Å²) in [4.78, 5) is 2.48. The van der Waals surface area contributed by atoms with Gasteiger partial charge >= 0.3 is 0 Å². The molecule has 0 amide bonds. The average molecular weight is 250 g/mol. The minimum Gasteiger partial charge on any atom is -0.375 e. The highest BCUT2D eigenvalue weighted by Crippen LogP contribution is 2.40. The first-order valence-electron chi connectivity index (χ1n) is 7.38. The largest absolute Gasteiger partial charge is 0.375 e. The molecule has 1 saturated carbocycles. The predicted molar refractivity (Wildman–Crippen MR) is 80.4 cm³/mol. The molecule has 0 heterocycles. The molecular formula is C16H30N2. The topological polar surface area (TPSA) is 15.3 Å². The Morgan fingerprint density at radius 1 is 1.22 bits per heavy atom. The fraction of sp³-hybridized carbons (Fsp3) is 0.750. The van der Waals surface area contributed by atoms with Gasteiger partial charge < -0.3 is 10.2 Å². The summed E-state index contributed by atoms with van der Waals surface area (Å²) in [6.07, 6.45) is 8.89. The Morgan fingerprint density at radius 2 is 1.83 bits per heavy atom. The Kier molecular flexibility index (Phi) is 5.77. The monoisotopic (exact) mass is 250 g/mol. The highest BCUT2D eigenvalue weighted by molar-refractivity contribution is 5.20. The Balaban J connectivity index is 2.95. The third-order valence-corrected chi connectivity index (χ3v) is 4.34. The molecule has 1 aliphatic carbocycles. The smallest absolute Gasteiger partial charge is 0.0943 e. The lowest BCUT2D eigenvalue weighted by atomic mass is 9.75. The predicted octanol–water partition coefficient (Wildman–Crippen LogP) is 4.06. The van der Waals surface area contributed by atoms with Gasteiger partial charge in [0.25, 0.3) is 0 Å². The molecule has 0 radical (unpaired) electrons. The summed E-state index contributed by atoms with van der Waals surface area (Å²) in [5.41, 5.74) is 1.45. The zero-order chi connectivity index (χ0) is 13.6. The molecule has 2 heteroatoms. The van der Waals surface area contributed by atoms with Crippen molar-refractivity contribution in [2.24, 2.45) is 0 Å². The maximum atomic E-state index is 4.29. The van der Waals surface area contributed by atoms with Crippen molar-refractivity contribution in [3.63, 3.8) is 0 Å². The van der Waals surface area contributed by atoms with Crippen molar-refractivity contribution in [2.45, 2.75) is 64.3 Å². The third kappa shape index (κ3) is 3.09. The lowest BCUT2D eigenvalue weighted by Crippen LogP contribution is -2.52. The van der Waals surface area contributed by atoms with Crippen LogP contribution < -0.4 is 5.32 Å². The first-order valence-corrected chi connectivity index (χ1v) is 7.38. The second kappa shape index (κ2) is 6.86. The molecule has 0 atom stereocenters. The maximum Gasteiger partial charge on any atom is 0.0943 e. The molecule has 0 bridgehead atoms. The molecule has 1 N–H and O–H groups in total. The van der Waals surface area contributed by atoms with Crippen LogP contribution in [-0.4, -0.2) is 24.0 Å². The van der Waals surface area contributed by atoms with E-state index < -0.39 is 0 Å². The van der Waals surface area contributed by atoms with Gasteiger partial charge in [0, 0.05) is 13.6 Å². The molecule has 104 valence electrons. The van der Waals surface area contributed by atoms with Gasteiger partial charge in [0.05, 0.1) is 11.4 Å². The molecule has 0 aromatic rings. The van der Waals surface area contributed by atoms with Gasteiger partial charge in [0.15, 0.2) is 0 Å². The summed E-state index contributed by atoms with van der Waals surface area (Å²) in [7, 11) is 1.97. The van der Waals surface area contributed by atoms with Gasteiger partial charge in [-0.15, -0.1) is 0 Å². The normalized spacial score (nSPS) is 18.2. The Hall–Kier alpha value is -0.920. The van der Waals surface area contributed by atoms with Crippen LogP contribution in [0.1, 0.15) is 58.8 Å². The quantitative estimate of drug-likeness (QED) is 0.686. The van der Waals surface area contributed by atoms with Crippen LogP contribution in [0.15, 0.2) is 24.6 Å². The SMILES string of the molecule is C=C(NC)N(CCCC)C1(C(=C)C)CCCCC1. The van der Waals surface area contributed by atoms with Gasteiger partial charge in [0.2, 0.25) is 0 Å². The van der Waals surface area contributed by atoms with E-state index in [9.17, 15) is 0 Å². The van der Waals surface area contributed by atoms with Gasteiger partial charge in [0.1, 0.15) is 0 Å². The van der Waals surface area contributed by atoms with Gasteiger partial charge in [-0.3, -0.25) is 0 Å². The van der Waals surface area contributed by atoms with Crippen LogP contribution in [-0.2, 0) is 0 Å². The zero-order valence-electron chi connectivity index (χ0n) is 12.5. The maximum absolute atomic E-state index is 4.29. The van der Waals surface area contributed by atoms with Gasteiger partial charge in [-0.05, 0) is 26.2 Å². The average Bonchev–Trinajstić information content (AvgIpc) is 2.39. The zero-order valence-corrected chi connectivity index (χ0v) is 12.5. The van der Waals surface area contributed by atoms with Crippen LogP contribution in [0.5, 0.6) is 0 Å². The molecule has 0 aromatic heterocycles. The van der Waals surface area contributed by atoms with E-state index in [4.69, 9.17) is 0 Å². The van der Waals surface area contributed by atoms with E-state index in [1.807, 2.05) is 7.05 Å². The Morgan fingerprint density at radius 3 is 2.28 bits per heavy atom. The molecule has 0 saturated heterocycles. The third-order valence-electron chi connectivity index (χ3n) is 4.34. The van der Waals surface area contributed by atoms with Crippen LogP contribution in [0.2, 0.25) is 0 Å². The van der Waals surface area contributed by atoms with Crippen LogP contribution in [0.4, 0.5) is 0 Å². The molecule has 1 fully saturated rings. The summed E-state index contributed by atoms with van der Waals surface area (Å²) in [5, 5.41) is 3.24. The van der Waals surface area contributed by atoms with Crippen molar-refractivity contribution in [2.75, 3.05) is 13.6 Å². The molecule has 18 heavy (non-hydrogen) atoms. The standard InChI is InChI=1S/C16H30N2/c1-6-7-13-18(15(4)17-5)16(14(2)3)11-9-8-10-12-16/h17H,2,4,6-13H2,1,3,5H3. The fourth-order valence-corrected chi connectivity index (χ4v) is 3.12. The highest BCUT2D eigenvalue weighted by atomic mass is 15.3. The second-order valence-electron chi connectivity index (χ2n) is 5.57. The fourth-order valence-electron chi connectivity index (χ4n) is 3.12. The Labute approximate surface area is 113 Å². The first-order chi connectivity index (χ1) is 8.58. The lowest BCUT2D eigenvalue weighted by molar-refractivity contribution is 0.109. The molecule has 0 aromatic carbocycles. The summed E-state index contributed by atoms with van der Waals surface area (Å²) in [5.74, 6) is 1.05. The molecule has 0 spiro atoms. The van der Waals surface area contributed by atoms with E-state index in [1.165, 1.54) is 50.5 Å². The van der Waals surface area contributed by atoms with Crippen molar-refractivity contribution >= 4 is 0 Å². The minimum atomic E-state index is 0.146. The summed E-state index contributed by atoms with van der Waals surface area (Å²) >= 11 is 0. The second-order valence-corrected chi connectivity index (χ2v) is 5.57. The summed E-state index contributed by atoms with van der Waals surface area (Å²) < 4.78 is 0. The van der Waals surface area contributed by atoms with Crippen LogP contribution in [0.25, 0.3) is 0 Å². The molecule has 2 nitrogen and oxygen atoms in total. The molecule has 1 rings (SSSR count). The van der Waals surface area contributed by atoms with Gasteiger partial charge in [-0.1, -0.05) is 51.3 Å². The number of rotatable bonds is 7. The van der Waals surface area contributed by atoms with E-state index in [0.29, 0.717) is 0 Å². The molecular weight excluding hydrogens is 220 g/mol. The molecule has 0 unspecified atom stereocenters. The van der Waals surface area contributed by atoms with Crippen LogP contribution in [0, 0.1) is 0 Å². The van der Waals surface area contributed by atoms with Crippen molar-refractivity contribution in [3.05, 3.63) is 24.6 Å². The van der Waals surface area contributed by atoms with Crippen molar-refractivity contribution in [1.82, 2.24) is 10.2 Å². The van der Waals surface area contributed by atoms with Gasteiger partial charge in [-0.2, -0.15) is 0 Å². The molecule has 0 aliphatic heterocycles. The number of nitrogens with zero attached hydrogens (tertiary/aromatic N) is 1. The van der Waals surface area contributed by atoms with Crippen molar-refractivity contribution in [1.29, 1.82) is 0 Å². The summed E-state index contributed by atoms with van der Waals surface area (Å²) in [6.45, 7) is 14.0. The molecule has 1 aliphatic rings. The van der Waals surface area contributed by atoms with Crippen molar-refractivity contribution in [3.8, 4) is 0 Å². The van der Waals surface area contributed by atoms with Crippen molar-refractivity contribution < 1.29 is 0 Å². The van der Waals surface area contributed by atoms with E-state index in [1.54, 1.807) is 0 Å². The number of unbranched alkanes of at least 4 members (excludes halogenated alkanes) is 1. The van der Waals surface area contributed by atoms with E-state index in [0.717, 1.165) is 12.4 Å². The number of nitrogens with one attached hydrogen (secondary N) is 1. The van der Waals surface area contributed by atoms with E-state index in [2.05, 4.69) is 37.2 Å². The van der Waals surface area contributed by atoms with Crippen LogP contribution in [0.3, 0.4) is 0 Å². The van der Waals surface area contributed by atoms with E-state index >= 15 is 0 Å². The van der Waals surface area contributed by atoms with Gasteiger partial charge in [-0.25, -0.2) is 0 Å². The number of hydrogen-bond acceptors (Lipinski definition) is 2. The lowest BCUT2D eigenvalue weighted by Gasteiger charge is -2.49. The van der Waals surface area contributed by atoms with E-state index in [-0.39, 0.29) is 5.54 Å². The van der Waals surface area contributed by atoms with Crippen LogP contribution >= 0.6 is 0 Å². The minimum absolute atomic E-state index is 0.146. The highest BCUT2D eigenvalue weighted by Gasteiger charge is 2.38. The first kappa shape index (κ1) is 15.1. The number of hydrogen-bond donors (Lipinski definition) is 1. The summed E-state index contributed by atoms with van der Waals surface area (Å²) in [6, 6.07) is 0.